The quantitative estimate of drug-likeness (QED) is 0.868. The summed E-state index contributed by atoms with van der Waals surface area (Å²) >= 11 is 0. The molecule has 4 nitrogen and oxygen atoms in total. The van der Waals surface area contributed by atoms with E-state index in [1.54, 1.807) is 0 Å². The van der Waals surface area contributed by atoms with Crippen molar-refractivity contribution in [3.63, 3.8) is 0 Å². The molecule has 0 aromatic rings. The molecule has 4 heteroatoms. The second kappa shape index (κ2) is 6.80. The number of carbonyl (C=O) groups excluding carboxylic acids is 2. The first-order valence-corrected chi connectivity index (χ1v) is 8.83. The third-order valence-corrected chi connectivity index (χ3v) is 5.57. The number of carbonyl (C=O) groups is 2. The second-order valence-corrected chi connectivity index (χ2v) is 7.07. The van der Waals surface area contributed by atoms with Crippen LogP contribution in [0.3, 0.4) is 0 Å². The molecule has 2 aliphatic carbocycles. The molecule has 0 aromatic heterocycles. The molecule has 3 rings (SSSR count). The van der Waals surface area contributed by atoms with Crippen LogP contribution in [0.15, 0.2) is 0 Å². The average molecular weight is 292 g/mol. The van der Waals surface area contributed by atoms with E-state index in [1.165, 1.54) is 12.8 Å². The van der Waals surface area contributed by atoms with Crippen molar-refractivity contribution in [1.82, 2.24) is 10.2 Å². The van der Waals surface area contributed by atoms with Crippen molar-refractivity contribution < 1.29 is 9.59 Å². The Hall–Kier alpha value is -1.06. The predicted molar refractivity (Wildman–Crippen MR) is 81.7 cm³/mol. The molecule has 21 heavy (non-hydrogen) atoms. The third kappa shape index (κ3) is 3.58. The minimum atomic E-state index is 0.147. The molecule has 0 radical (unpaired) electrons. The Morgan fingerprint density at radius 3 is 1.95 bits per heavy atom. The minimum absolute atomic E-state index is 0.147. The first kappa shape index (κ1) is 14.9. The Labute approximate surface area is 127 Å². The van der Waals surface area contributed by atoms with E-state index >= 15 is 0 Å². The van der Waals surface area contributed by atoms with Gasteiger partial charge in [0.25, 0.3) is 0 Å². The van der Waals surface area contributed by atoms with Crippen LogP contribution < -0.4 is 5.32 Å². The second-order valence-electron chi connectivity index (χ2n) is 7.07. The molecule has 0 aromatic carbocycles. The SMILES string of the molecule is O=C(NC1CCCC1)C1CCC(C(=O)N2CCCC2)CC1. The van der Waals surface area contributed by atoms with Crippen molar-refractivity contribution in [2.75, 3.05) is 13.1 Å². The lowest BCUT2D eigenvalue weighted by Gasteiger charge is -2.30. The summed E-state index contributed by atoms with van der Waals surface area (Å²) in [6.45, 7) is 1.89. The summed E-state index contributed by atoms with van der Waals surface area (Å²) in [5, 5.41) is 3.21. The largest absolute Gasteiger partial charge is 0.353 e. The molecule has 1 aliphatic heterocycles. The third-order valence-electron chi connectivity index (χ3n) is 5.57. The molecule has 1 heterocycles. The summed E-state index contributed by atoms with van der Waals surface area (Å²) in [5.41, 5.74) is 0. The summed E-state index contributed by atoms with van der Waals surface area (Å²) in [4.78, 5) is 26.7. The van der Waals surface area contributed by atoms with Crippen LogP contribution in [0.2, 0.25) is 0 Å². The Balaban J connectivity index is 1.43. The first-order valence-electron chi connectivity index (χ1n) is 8.83. The van der Waals surface area contributed by atoms with Crippen LogP contribution in [0, 0.1) is 11.8 Å². The summed E-state index contributed by atoms with van der Waals surface area (Å²) < 4.78 is 0. The molecule has 3 fully saturated rings. The fourth-order valence-electron chi connectivity index (χ4n) is 4.19. The monoisotopic (exact) mass is 292 g/mol. The molecular formula is C17H28N2O2. The lowest BCUT2D eigenvalue weighted by atomic mass is 9.81. The number of amides is 2. The Kier molecular flexibility index (Phi) is 4.81. The van der Waals surface area contributed by atoms with E-state index < -0.39 is 0 Å². The zero-order valence-corrected chi connectivity index (χ0v) is 13.0. The molecule has 1 saturated heterocycles. The van der Waals surface area contributed by atoms with Crippen molar-refractivity contribution in [3.05, 3.63) is 0 Å². The topological polar surface area (TPSA) is 49.4 Å². The smallest absolute Gasteiger partial charge is 0.225 e. The van der Waals surface area contributed by atoms with Crippen molar-refractivity contribution in [1.29, 1.82) is 0 Å². The fraction of sp³-hybridized carbons (Fsp3) is 0.882. The average Bonchev–Trinajstić information content (AvgIpc) is 3.20. The van der Waals surface area contributed by atoms with Gasteiger partial charge in [-0.05, 0) is 51.4 Å². The van der Waals surface area contributed by atoms with Gasteiger partial charge in [0.15, 0.2) is 0 Å². The number of hydrogen-bond acceptors (Lipinski definition) is 2. The zero-order chi connectivity index (χ0) is 14.7. The molecule has 0 atom stereocenters. The van der Waals surface area contributed by atoms with Crippen LogP contribution in [0.25, 0.3) is 0 Å². The number of nitrogens with one attached hydrogen (secondary N) is 1. The highest BCUT2D eigenvalue weighted by molar-refractivity contribution is 5.81. The van der Waals surface area contributed by atoms with Crippen LogP contribution in [-0.4, -0.2) is 35.8 Å². The fourth-order valence-corrected chi connectivity index (χ4v) is 4.19. The molecule has 1 N–H and O–H groups in total. The normalized spacial score (nSPS) is 30.6. The number of nitrogens with zero attached hydrogens (tertiary/aromatic N) is 1. The maximum atomic E-state index is 12.4. The summed E-state index contributed by atoms with van der Waals surface area (Å²) in [5.74, 6) is 0.919. The van der Waals surface area contributed by atoms with Crippen LogP contribution >= 0.6 is 0 Å². The number of rotatable bonds is 3. The zero-order valence-electron chi connectivity index (χ0n) is 13.0. The summed E-state index contributed by atoms with van der Waals surface area (Å²) in [7, 11) is 0. The van der Waals surface area contributed by atoms with Crippen LogP contribution in [-0.2, 0) is 9.59 Å². The van der Waals surface area contributed by atoms with Crippen LogP contribution in [0.4, 0.5) is 0 Å². The van der Waals surface area contributed by atoms with Gasteiger partial charge in [-0.15, -0.1) is 0 Å². The van der Waals surface area contributed by atoms with Gasteiger partial charge in [-0.3, -0.25) is 9.59 Å². The summed E-state index contributed by atoms with van der Waals surface area (Å²) in [6, 6.07) is 0.418. The molecule has 3 aliphatic rings. The molecule has 0 bridgehead atoms. The van der Waals surface area contributed by atoms with Crippen molar-refractivity contribution in [2.45, 2.75) is 70.3 Å². The maximum Gasteiger partial charge on any atom is 0.225 e. The van der Waals surface area contributed by atoms with Gasteiger partial charge in [-0.25, -0.2) is 0 Å². The highest BCUT2D eigenvalue weighted by atomic mass is 16.2. The first-order chi connectivity index (χ1) is 10.2. The van der Waals surface area contributed by atoms with Gasteiger partial charge in [-0.1, -0.05) is 12.8 Å². The van der Waals surface area contributed by atoms with Gasteiger partial charge in [0, 0.05) is 31.0 Å². The number of likely N-dealkylation sites (tertiary alicyclic amines) is 1. The van der Waals surface area contributed by atoms with E-state index in [4.69, 9.17) is 0 Å². The van der Waals surface area contributed by atoms with Gasteiger partial charge < -0.3 is 10.2 Å². The van der Waals surface area contributed by atoms with Gasteiger partial charge in [-0.2, -0.15) is 0 Å². The lowest BCUT2D eigenvalue weighted by Crippen LogP contribution is -2.41. The molecule has 0 spiro atoms. The van der Waals surface area contributed by atoms with E-state index in [0.717, 1.165) is 64.5 Å². The van der Waals surface area contributed by atoms with E-state index in [0.29, 0.717) is 11.9 Å². The van der Waals surface area contributed by atoms with Gasteiger partial charge in [0.2, 0.25) is 11.8 Å². The van der Waals surface area contributed by atoms with Crippen LogP contribution in [0.5, 0.6) is 0 Å². The molecular weight excluding hydrogens is 264 g/mol. The van der Waals surface area contributed by atoms with E-state index in [-0.39, 0.29) is 17.7 Å². The van der Waals surface area contributed by atoms with E-state index in [9.17, 15) is 9.59 Å². The lowest BCUT2D eigenvalue weighted by molar-refractivity contribution is -0.137. The van der Waals surface area contributed by atoms with E-state index in [2.05, 4.69) is 5.32 Å². The highest BCUT2D eigenvalue weighted by Gasteiger charge is 2.33. The van der Waals surface area contributed by atoms with Gasteiger partial charge >= 0.3 is 0 Å². The standard InChI is InChI=1S/C17H28N2O2/c20-16(18-15-5-1-2-6-15)13-7-9-14(10-8-13)17(21)19-11-3-4-12-19/h13-15H,1-12H2,(H,18,20). The number of hydrogen-bond donors (Lipinski definition) is 1. The minimum Gasteiger partial charge on any atom is -0.353 e. The molecule has 118 valence electrons. The Morgan fingerprint density at radius 1 is 0.762 bits per heavy atom. The van der Waals surface area contributed by atoms with E-state index in [1.807, 2.05) is 4.90 Å². The Bertz CT molecular complexity index is 376. The van der Waals surface area contributed by atoms with Gasteiger partial charge in [0.1, 0.15) is 0 Å². The maximum absolute atomic E-state index is 12.4. The highest BCUT2D eigenvalue weighted by Crippen LogP contribution is 2.31. The van der Waals surface area contributed by atoms with Gasteiger partial charge in [0.05, 0.1) is 0 Å². The molecule has 2 amide bonds. The Morgan fingerprint density at radius 2 is 1.33 bits per heavy atom. The predicted octanol–water partition coefficient (Wildman–Crippen LogP) is 2.47. The van der Waals surface area contributed by atoms with Crippen molar-refractivity contribution >= 4 is 11.8 Å². The molecule has 2 saturated carbocycles. The molecule has 0 unspecified atom stereocenters. The summed E-state index contributed by atoms with van der Waals surface area (Å²) in [6.07, 6.45) is 10.7. The van der Waals surface area contributed by atoms with Crippen molar-refractivity contribution in [3.8, 4) is 0 Å². The van der Waals surface area contributed by atoms with Crippen LogP contribution in [0.1, 0.15) is 64.2 Å². The van der Waals surface area contributed by atoms with Crippen molar-refractivity contribution in [2.24, 2.45) is 11.8 Å².